The number of anilines is 2. The summed E-state index contributed by atoms with van der Waals surface area (Å²) in [6, 6.07) is 3.88. The van der Waals surface area contributed by atoms with Gasteiger partial charge in [-0.25, -0.2) is 4.99 Å². The molecule has 27 heavy (non-hydrogen) atoms. The second kappa shape index (κ2) is 11.3. The highest BCUT2D eigenvalue weighted by Gasteiger charge is 2.21. The van der Waals surface area contributed by atoms with E-state index in [-0.39, 0.29) is 0 Å². The van der Waals surface area contributed by atoms with Gasteiger partial charge in [0.05, 0.1) is 15.8 Å². The summed E-state index contributed by atoms with van der Waals surface area (Å²) in [6.07, 6.45) is 9.71. The minimum absolute atomic E-state index is 0.634. The molecule has 6 heteroatoms. The Kier molecular flexibility index (Phi) is 9.15. The van der Waals surface area contributed by atoms with Crippen LogP contribution in [-0.4, -0.2) is 37.8 Å². The van der Waals surface area contributed by atoms with Crippen molar-refractivity contribution in [3.05, 3.63) is 28.6 Å². The van der Waals surface area contributed by atoms with E-state index in [1.54, 1.807) is 0 Å². The van der Waals surface area contributed by atoms with Crippen LogP contribution in [-0.2, 0) is 0 Å². The van der Waals surface area contributed by atoms with Crippen molar-refractivity contribution in [1.29, 1.82) is 0 Å². The average molecular weight is 437 g/mol. The minimum Gasteiger partial charge on any atom is -0.438 e. The molecule has 0 aromatic heterocycles. The summed E-state index contributed by atoms with van der Waals surface area (Å²) >= 11 is 3.51. The van der Waals surface area contributed by atoms with Crippen LogP contribution in [0.25, 0.3) is 0 Å². The molecule has 1 aliphatic heterocycles. The van der Waals surface area contributed by atoms with Gasteiger partial charge in [0.1, 0.15) is 5.75 Å². The number of benzene rings is 1. The number of nitrogens with one attached hydrogen (secondary N) is 1. The predicted molar refractivity (Wildman–Crippen MR) is 120 cm³/mol. The molecule has 0 bridgehead atoms. The van der Waals surface area contributed by atoms with Crippen molar-refractivity contribution in [1.82, 2.24) is 4.90 Å². The summed E-state index contributed by atoms with van der Waals surface area (Å²) in [5.74, 6) is 2.14. The van der Waals surface area contributed by atoms with Crippen LogP contribution in [0.3, 0.4) is 0 Å². The molecule has 3 rings (SSSR count). The summed E-state index contributed by atoms with van der Waals surface area (Å²) in [5, 5.41) is 3.39. The highest BCUT2D eigenvalue weighted by molar-refractivity contribution is 9.10. The zero-order valence-electron chi connectivity index (χ0n) is 16.8. The maximum Gasteiger partial charge on any atom is 0.214 e. The summed E-state index contributed by atoms with van der Waals surface area (Å²) in [7, 11) is 2.14. The third-order valence-corrected chi connectivity index (χ3v) is 5.43. The van der Waals surface area contributed by atoms with Gasteiger partial charge in [0.25, 0.3) is 0 Å². The fourth-order valence-electron chi connectivity index (χ4n) is 2.59. The van der Waals surface area contributed by atoms with Gasteiger partial charge >= 0.3 is 0 Å². The normalized spacial score (nSPS) is 15.8. The van der Waals surface area contributed by atoms with E-state index < -0.39 is 0 Å². The van der Waals surface area contributed by atoms with E-state index in [4.69, 9.17) is 10.5 Å². The molecular formula is C21H33BrN4O. The molecule has 0 amide bonds. The van der Waals surface area contributed by atoms with E-state index in [1.165, 1.54) is 32.4 Å². The standard InChI is InChI=1S/C15H18BrN3O.C6H15N/c16-14-12(20-13-3-1-2-8-18-13)7-6-11(15(14)17)19-9-10-4-5-10;1-4-6-7(3)5-2/h3,6-8,10,19H,1-2,4-5,9,17H2;4-6H2,1-3H3. The molecule has 3 N–H and O–H groups in total. The van der Waals surface area contributed by atoms with Gasteiger partial charge in [0.15, 0.2) is 0 Å². The zero-order valence-corrected chi connectivity index (χ0v) is 18.4. The first kappa shape index (κ1) is 21.8. The van der Waals surface area contributed by atoms with Crippen LogP contribution in [0.2, 0.25) is 0 Å². The topological polar surface area (TPSA) is 62.9 Å². The molecule has 1 aromatic carbocycles. The lowest BCUT2D eigenvalue weighted by Gasteiger charge is -2.15. The molecule has 5 nitrogen and oxygen atoms in total. The van der Waals surface area contributed by atoms with Crippen LogP contribution in [0.15, 0.2) is 33.6 Å². The van der Waals surface area contributed by atoms with Crippen molar-refractivity contribution < 1.29 is 4.74 Å². The summed E-state index contributed by atoms with van der Waals surface area (Å²) in [4.78, 5) is 6.53. The first-order valence-electron chi connectivity index (χ1n) is 9.96. The number of aliphatic imine (C=N–C) groups is 1. The number of nitrogens with zero attached hydrogens (tertiary/aromatic N) is 2. The fraction of sp³-hybridized carbons (Fsp3) is 0.571. The number of nitrogens with two attached hydrogens (primary N) is 1. The summed E-state index contributed by atoms with van der Waals surface area (Å²) < 4.78 is 6.55. The van der Waals surface area contributed by atoms with Crippen LogP contribution in [0, 0.1) is 5.92 Å². The first-order chi connectivity index (χ1) is 13.0. The number of rotatable bonds is 8. The Morgan fingerprint density at radius 2 is 2.07 bits per heavy atom. The van der Waals surface area contributed by atoms with Crippen LogP contribution >= 0.6 is 15.9 Å². The van der Waals surface area contributed by atoms with Gasteiger partial charge in [-0.1, -0.05) is 13.8 Å². The third-order valence-electron chi connectivity index (χ3n) is 4.62. The SMILES string of the molecule is CCCN(C)CC.Nc1c(NCC2CC2)ccc(OC2=CCCC=N2)c1Br. The van der Waals surface area contributed by atoms with Crippen LogP contribution in [0.1, 0.15) is 46.0 Å². The molecule has 0 radical (unpaired) electrons. The Balaban J connectivity index is 0.000000321. The molecule has 0 unspecified atom stereocenters. The Morgan fingerprint density at radius 3 is 2.63 bits per heavy atom. The summed E-state index contributed by atoms with van der Waals surface area (Å²) in [6.45, 7) is 7.78. The van der Waals surface area contributed by atoms with Gasteiger partial charge in [-0.05, 0) is 92.3 Å². The van der Waals surface area contributed by atoms with Gasteiger partial charge in [-0.3, -0.25) is 0 Å². The number of nitrogen functional groups attached to an aromatic ring is 1. The second-order valence-electron chi connectivity index (χ2n) is 7.09. The highest BCUT2D eigenvalue weighted by Crippen LogP contribution is 2.38. The maximum absolute atomic E-state index is 6.15. The zero-order chi connectivity index (χ0) is 19.6. The van der Waals surface area contributed by atoms with E-state index in [0.29, 0.717) is 17.3 Å². The van der Waals surface area contributed by atoms with Crippen molar-refractivity contribution in [2.75, 3.05) is 37.7 Å². The predicted octanol–water partition coefficient (Wildman–Crippen LogP) is 5.29. The van der Waals surface area contributed by atoms with Crippen molar-refractivity contribution in [3.63, 3.8) is 0 Å². The largest absolute Gasteiger partial charge is 0.438 e. The number of ether oxygens (including phenoxy) is 1. The lowest BCUT2D eigenvalue weighted by molar-refractivity contribution is 0.353. The van der Waals surface area contributed by atoms with Gasteiger partial charge in [0, 0.05) is 12.8 Å². The van der Waals surface area contributed by atoms with Crippen molar-refractivity contribution >= 4 is 33.5 Å². The first-order valence-corrected chi connectivity index (χ1v) is 10.7. The molecule has 1 aliphatic carbocycles. The summed E-state index contributed by atoms with van der Waals surface area (Å²) in [5.41, 5.74) is 7.79. The smallest absolute Gasteiger partial charge is 0.214 e. The van der Waals surface area contributed by atoms with Gasteiger partial charge in [-0.2, -0.15) is 0 Å². The van der Waals surface area contributed by atoms with Crippen molar-refractivity contribution in [2.24, 2.45) is 10.9 Å². The lowest BCUT2D eigenvalue weighted by atomic mass is 10.2. The Morgan fingerprint density at radius 1 is 1.30 bits per heavy atom. The van der Waals surface area contributed by atoms with E-state index >= 15 is 0 Å². The second-order valence-corrected chi connectivity index (χ2v) is 7.89. The van der Waals surface area contributed by atoms with Gasteiger partial charge < -0.3 is 20.7 Å². The Labute approximate surface area is 172 Å². The monoisotopic (exact) mass is 436 g/mol. The van der Waals surface area contributed by atoms with Gasteiger partial charge in [-0.15, -0.1) is 0 Å². The number of hydrogen-bond donors (Lipinski definition) is 2. The molecule has 1 saturated carbocycles. The lowest BCUT2D eigenvalue weighted by Crippen LogP contribution is -2.17. The maximum atomic E-state index is 6.15. The Hall–Kier alpha value is -1.53. The molecule has 150 valence electrons. The minimum atomic E-state index is 0.634. The van der Waals surface area contributed by atoms with E-state index in [9.17, 15) is 0 Å². The molecular weight excluding hydrogens is 404 g/mol. The molecule has 1 heterocycles. The van der Waals surface area contributed by atoms with Crippen molar-refractivity contribution in [3.8, 4) is 5.75 Å². The number of halogens is 1. The number of allylic oxidation sites excluding steroid dienone is 1. The van der Waals surface area contributed by atoms with E-state index in [0.717, 1.165) is 35.5 Å². The van der Waals surface area contributed by atoms with Crippen LogP contribution < -0.4 is 15.8 Å². The van der Waals surface area contributed by atoms with Crippen molar-refractivity contribution in [2.45, 2.75) is 46.0 Å². The molecule has 0 atom stereocenters. The highest BCUT2D eigenvalue weighted by atomic mass is 79.9. The third kappa shape index (κ3) is 7.54. The van der Waals surface area contributed by atoms with Crippen LogP contribution in [0.5, 0.6) is 5.75 Å². The molecule has 1 aromatic rings. The number of hydrogen-bond acceptors (Lipinski definition) is 5. The van der Waals surface area contributed by atoms with Crippen LogP contribution in [0.4, 0.5) is 11.4 Å². The quantitative estimate of drug-likeness (QED) is 0.543. The molecule has 1 fully saturated rings. The average Bonchev–Trinajstić information content (AvgIpc) is 3.51. The molecule has 2 aliphatic rings. The fourth-order valence-corrected chi connectivity index (χ4v) is 3.02. The molecule has 0 saturated heterocycles. The van der Waals surface area contributed by atoms with E-state index in [2.05, 4.69) is 52.0 Å². The van der Waals surface area contributed by atoms with E-state index in [1.807, 2.05) is 24.4 Å². The molecule has 0 spiro atoms. The van der Waals surface area contributed by atoms with Gasteiger partial charge in [0.2, 0.25) is 5.88 Å². The Bertz CT molecular complexity index is 656.